The van der Waals surface area contributed by atoms with Gasteiger partial charge in [0.15, 0.2) is 0 Å². The highest BCUT2D eigenvalue weighted by atomic mass is 14.7. The standard InChI is InChI=1S/C20H24N2/c1-14(2)19-10-9-18(17-7-5-15(3)6-8-17)13-20(19)22-12-11-16(4)21/h5-14H,21H2,1-4H3. The lowest BCUT2D eigenvalue weighted by molar-refractivity contribution is 0.867. The maximum absolute atomic E-state index is 5.66. The fourth-order valence-corrected chi connectivity index (χ4v) is 2.30. The van der Waals surface area contributed by atoms with E-state index in [2.05, 4.69) is 68.2 Å². The molecule has 2 aromatic rings. The first-order valence-corrected chi connectivity index (χ1v) is 7.65. The smallest absolute Gasteiger partial charge is 0.0670 e. The number of hydrogen-bond acceptors (Lipinski definition) is 2. The van der Waals surface area contributed by atoms with E-state index in [1.807, 2.05) is 13.0 Å². The van der Waals surface area contributed by atoms with Crippen molar-refractivity contribution in [2.24, 2.45) is 10.7 Å². The summed E-state index contributed by atoms with van der Waals surface area (Å²) >= 11 is 0. The fraction of sp³-hybridized carbons (Fsp3) is 0.250. The van der Waals surface area contributed by atoms with Crippen molar-refractivity contribution in [3.63, 3.8) is 0 Å². The molecule has 0 saturated heterocycles. The predicted octanol–water partition coefficient (Wildman–Crippen LogP) is 5.35. The summed E-state index contributed by atoms with van der Waals surface area (Å²) in [5, 5.41) is 0. The van der Waals surface area contributed by atoms with Crippen LogP contribution in [-0.4, -0.2) is 6.21 Å². The maximum atomic E-state index is 5.66. The van der Waals surface area contributed by atoms with Crippen LogP contribution in [0.2, 0.25) is 0 Å². The molecule has 2 aromatic carbocycles. The molecule has 114 valence electrons. The lowest BCUT2D eigenvalue weighted by atomic mass is 9.96. The summed E-state index contributed by atoms with van der Waals surface area (Å²) in [6.07, 6.45) is 3.60. The molecule has 0 atom stereocenters. The Morgan fingerprint density at radius 1 is 1.05 bits per heavy atom. The highest BCUT2D eigenvalue weighted by Crippen LogP contribution is 2.32. The van der Waals surface area contributed by atoms with Gasteiger partial charge in [-0.15, -0.1) is 0 Å². The molecule has 0 saturated carbocycles. The molecule has 0 aromatic heterocycles. The number of nitrogens with two attached hydrogens (primary N) is 1. The Balaban J connectivity index is 2.44. The van der Waals surface area contributed by atoms with Crippen molar-refractivity contribution in [3.8, 4) is 11.1 Å². The van der Waals surface area contributed by atoms with Gasteiger partial charge >= 0.3 is 0 Å². The number of aryl methyl sites for hydroxylation is 1. The fourth-order valence-electron chi connectivity index (χ4n) is 2.30. The molecule has 0 amide bonds. The monoisotopic (exact) mass is 292 g/mol. The molecule has 0 aliphatic carbocycles. The van der Waals surface area contributed by atoms with Gasteiger partial charge in [-0.3, -0.25) is 4.99 Å². The normalized spacial score (nSPS) is 12.3. The van der Waals surface area contributed by atoms with E-state index in [1.165, 1.54) is 22.3 Å². The minimum absolute atomic E-state index is 0.433. The average Bonchev–Trinajstić information content (AvgIpc) is 2.47. The topological polar surface area (TPSA) is 38.4 Å². The summed E-state index contributed by atoms with van der Waals surface area (Å²) in [6.45, 7) is 8.33. The van der Waals surface area contributed by atoms with Gasteiger partial charge in [-0.1, -0.05) is 55.8 Å². The molecular formula is C20H24N2. The summed E-state index contributed by atoms with van der Waals surface area (Å²) in [6, 6.07) is 15.1. The zero-order valence-corrected chi connectivity index (χ0v) is 13.8. The van der Waals surface area contributed by atoms with E-state index >= 15 is 0 Å². The van der Waals surface area contributed by atoms with E-state index < -0.39 is 0 Å². The van der Waals surface area contributed by atoms with Crippen LogP contribution in [-0.2, 0) is 0 Å². The lowest BCUT2D eigenvalue weighted by Gasteiger charge is -2.12. The summed E-state index contributed by atoms with van der Waals surface area (Å²) in [4.78, 5) is 4.59. The number of nitrogens with zero attached hydrogens (tertiary/aromatic N) is 1. The van der Waals surface area contributed by atoms with E-state index in [-0.39, 0.29) is 0 Å². The van der Waals surface area contributed by atoms with E-state index in [1.54, 1.807) is 6.21 Å². The summed E-state index contributed by atoms with van der Waals surface area (Å²) < 4.78 is 0. The lowest BCUT2D eigenvalue weighted by Crippen LogP contribution is -1.91. The van der Waals surface area contributed by atoms with Gasteiger partial charge in [-0.25, -0.2) is 0 Å². The second-order valence-electron chi connectivity index (χ2n) is 5.98. The number of allylic oxidation sites excluding steroid dienone is 2. The molecule has 0 heterocycles. The minimum atomic E-state index is 0.433. The summed E-state index contributed by atoms with van der Waals surface area (Å²) in [5.41, 5.74) is 12.3. The van der Waals surface area contributed by atoms with E-state index in [0.717, 1.165) is 11.4 Å². The highest BCUT2D eigenvalue weighted by molar-refractivity contribution is 5.78. The van der Waals surface area contributed by atoms with Crippen LogP contribution in [0.25, 0.3) is 11.1 Å². The number of aliphatic imine (C=N–C) groups is 1. The van der Waals surface area contributed by atoms with Gasteiger partial charge in [0.2, 0.25) is 0 Å². The van der Waals surface area contributed by atoms with Crippen LogP contribution in [0, 0.1) is 6.92 Å². The number of benzene rings is 2. The van der Waals surface area contributed by atoms with Crippen molar-refractivity contribution in [1.82, 2.24) is 0 Å². The quantitative estimate of drug-likeness (QED) is 0.758. The molecule has 2 nitrogen and oxygen atoms in total. The maximum Gasteiger partial charge on any atom is 0.0670 e. The Morgan fingerprint density at radius 3 is 2.27 bits per heavy atom. The Bertz CT molecular complexity index is 688. The van der Waals surface area contributed by atoms with Gasteiger partial charge in [-0.05, 0) is 48.6 Å². The third-order valence-corrected chi connectivity index (χ3v) is 3.59. The molecule has 0 radical (unpaired) electrons. The molecule has 2 rings (SSSR count). The Morgan fingerprint density at radius 2 is 1.68 bits per heavy atom. The van der Waals surface area contributed by atoms with Crippen LogP contribution >= 0.6 is 0 Å². The Labute approximate surface area is 133 Å². The van der Waals surface area contributed by atoms with Crippen molar-refractivity contribution < 1.29 is 0 Å². The molecule has 0 fully saturated rings. The molecule has 0 unspecified atom stereocenters. The molecule has 2 heteroatoms. The van der Waals surface area contributed by atoms with Crippen LogP contribution in [0.5, 0.6) is 0 Å². The van der Waals surface area contributed by atoms with Crippen LogP contribution in [0.1, 0.15) is 37.8 Å². The first-order valence-electron chi connectivity index (χ1n) is 7.65. The van der Waals surface area contributed by atoms with Crippen molar-refractivity contribution in [3.05, 3.63) is 65.4 Å². The molecule has 0 aliphatic rings. The summed E-state index contributed by atoms with van der Waals surface area (Å²) in [7, 11) is 0. The molecule has 2 N–H and O–H groups in total. The van der Waals surface area contributed by atoms with Gasteiger partial charge in [0.25, 0.3) is 0 Å². The number of rotatable bonds is 4. The number of hydrogen-bond donors (Lipinski definition) is 1. The second kappa shape index (κ2) is 7.08. The molecule has 0 aliphatic heterocycles. The van der Waals surface area contributed by atoms with Gasteiger partial charge in [0.1, 0.15) is 0 Å². The SMILES string of the molecule is CC(N)=CC=Nc1cc(-c2ccc(C)cc2)ccc1C(C)C. The van der Waals surface area contributed by atoms with Crippen LogP contribution in [0.15, 0.2) is 59.2 Å². The van der Waals surface area contributed by atoms with Crippen LogP contribution < -0.4 is 5.73 Å². The Hall–Kier alpha value is -2.35. The van der Waals surface area contributed by atoms with Gasteiger partial charge in [-0.2, -0.15) is 0 Å². The summed E-state index contributed by atoms with van der Waals surface area (Å²) in [5.74, 6) is 0.433. The van der Waals surface area contributed by atoms with E-state index in [0.29, 0.717) is 5.92 Å². The van der Waals surface area contributed by atoms with E-state index in [9.17, 15) is 0 Å². The minimum Gasteiger partial charge on any atom is -0.402 e. The van der Waals surface area contributed by atoms with Gasteiger partial charge in [0, 0.05) is 11.9 Å². The van der Waals surface area contributed by atoms with Crippen LogP contribution in [0.4, 0.5) is 5.69 Å². The first-order chi connectivity index (χ1) is 10.5. The highest BCUT2D eigenvalue weighted by Gasteiger charge is 2.07. The zero-order valence-electron chi connectivity index (χ0n) is 13.8. The van der Waals surface area contributed by atoms with Crippen molar-refractivity contribution in [1.29, 1.82) is 0 Å². The molecular weight excluding hydrogens is 268 g/mol. The molecule has 0 bridgehead atoms. The second-order valence-corrected chi connectivity index (χ2v) is 5.98. The van der Waals surface area contributed by atoms with Crippen molar-refractivity contribution in [2.75, 3.05) is 0 Å². The largest absolute Gasteiger partial charge is 0.402 e. The third-order valence-electron chi connectivity index (χ3n) is 3.59. The van der Waals surface area contributed by atoms with Crippen molar-refractivity contribution in [2.45, 2.75) is 33.6 Å². The molecule has 22 heavy (non-hydrogen) atoms. The molecule has 0 spiro atoms. The predicted molar refractivity (Wildman–Crippen MR) is 96.8 cm³/mol. The first kappa shape index (κ1) is 16.0. The van der Waals surface area contributed by atoms with Crippen molar-refractivity contribution >= 4 is 11.9 Å². The zero-order chi connectivity index (χ0) is 16.1. The Kier molecular flexibility index (Phi) is 5.16. The van der Waals surface area contributed by atoms with Crippen LogP contribution in [0.3, 0.4) is 0 Å². The average molecular weight is 292 g/mol. The van der Waals surface area contributed by atoms with E-state index in [4.69, 9.17) is 5.73 Å². The third kappa shape index (κ3) is 4.08. The van der Waals surface area contributed by atoms with Gasteiger partial charge in [0.05, 0.1) is 5.69 Å². The van der Waals surface area contributed by atoms with Gasteiger partial charge < -0.3 is 5.73 Å².